The van der Waals surface area contributed by atoms with Crippen LogP contribution in [0.4, 0.5) is 0 Å². The highest BCUT2D eigenvalue weighted by Crippen LogP contribution is 2.51. The Balaban J connectivity index is 1.09. The van der Waals surface area contributed by atoms with E-state index in [0.717, 1.165) is 39.7 Å². The average molecular weight is 703 g/mol. The van der Waals surface area contributed by atoms with Gasteiger partial charge < -0.3 is 19.7 Å². The molecule has 0 saturated carbocycles. The third-order valence-electron chi connectivity index (χ3n) is 11.0. The molecule has 8 nitrogen and oxygen atoms in total. The first-order valence-electron chi connectivity index (χ1n) is 20.1. The maximum atomic E-state index is 12.7. The molecular weight excluding hydrogens is 640 g/mol. The van der Waals surface area contributed by atoms with Gasteiger partial charge >= 0.3 is 5.69 Å². The van der Waals surface area contributed by atoms with E-state index in [-0.39, 0.29) is 13.2 Å². The van der Waals surface area contributed by atoms with Gasteiger partial charge in [-0.05, 0) is 35.1 Å². The van der Waals surface area contributed by atoms with Crippen molar-refractivity contribution in [1.29, 1.82) is 0 Å². The Morgan fingerprint density at radius 1 is 0.765 bits per heavy atom. The number of fused-ring (bicyclic) bond motifs is 2. The molecule has 1 spiro atoms. The molecule has 3 aromatic rings. The van der Waals surface area contributed by atoms with Crippen molar-refractivity contribution in [2.45, 2.75) is 166 Å². The SMILES string of the molecule is CCCCCCCCCCCCCCCCCCCCCc1cc2c(c(-c3ccccc3)c1)[C@@]1(OC2)[C@H](O)CO[C@@H](n2ccc(=O)[nH]c2=O)[C@@H]1O. The van der Waals surface area contributed by atoms with E-state index in [9.17, 15) is 19.8 Å². The first kappa shape index (κ1) is 39.2. The van der Waals surface area contributed by atoms with Gasteiger partial charge in [0.1, 0.15) is 12.2 Å². The van der Waals surface area contributed by atoms with Crippen molar-refractivity contribution in [3.8, 4) is 11.1 Å². The molecule has 1 saturated heterocycles. The van der Waals surface area contributed by atoms with Crippen LogP contribution >= 0.6 is 0 Å². The van der Waals surface area contributed by atoms with E-state index in [0.29, 0.717) is 0 Å². The number of aliphatic hydroxyl groups is 2. The number of hydrogen-bond acceptors (Lipinski definition) is 6. The molecule has 0 unspecified atom stereocenters. The van der Waals surface area contributed by atoms with Gasteiger partial charge in [0.25, 0.3) is 5.56 Å². The standard InChI is InChI=1S/C43H62N2O6/c1-2-3-4-5-6-7-8-9-10-11-12-13-14-15-16-17-18-19-21-24-33-29-35-31-51-43(39(35)36(30-33)34-25-22-20-23-26-34)37(46)32-50-41(40(43)48)45-28-27-38(47)44-42(45)49/h20,22-23,25-30,37,40-41,46,48H,2-19,21,24,31-32H2,1H3,(H,44,47,49)/t37-,40+,41-,43+/m1/s1. The predicted molar refractivity (Wildman–Crippen MR) is 204 cm³/mol. The van der Waals surface area contributed by atoms with Gasteiger partial charge in [-0.2, -0.15) is 0 Å². The van der Waals surface area contributed by atoms with Crippen molar-refractivity contribution < 1.29 is 19.7 Å². The Morgan fingerprint density at radius 2 is 1.33 bits per heavy atom. The Kier molecular flexibility index (Phi) is 15.6. The molecule has 2 aliphatic heterocycles. The number of H-pyrrole nitrogens is 1. The summed E-state index contributed by atoms with van der Waals surface area (Å²) in [4.78, 5) is 26.6. The lowest BCUT2D eigenvalue weighted by Crippen LogP contribution is -2.60. The summed E-state index contributed by atoms with van der Waals surface area (Å²) in [5, 5.41) is 23.3. The fraction of sp³-hybridized carbons (Fsp3) is 0.628. The second-order valence-electron chi connectivity index (χ2n) is 14.9. The normalized spacial score (nSPS) is 21.4. The number of unbranched alkanes of at least 4 members (excludes halogenated alkanes) is 18. The second-order valence-corrected chi connectivity index (χ2v) is 14.9. The van der Waals surface area contributed by atoms with E-state index in [2.05, 4.69) is 24.0 Å². The van der Waals surface area contributed by atoms with E-state index in [4.69, 9.17) is 9.47 Å². The monoisotopic (exact) mass is 702 g/mol. The highest BCUT2D eigenvalue weighted by atomic mass is 16.6. The zero-order valence-corrected chi connectivity index (χ0v) is 31.0. The van der Waals surface area contributed by atoms with Crippen LogP contribution in [0.1, 0.15) is 152 Å². The van der Waals surface area contributed by atoms with Gasteiger partial charge in [0.05, 0.1) is 13.2 Å². The third kappa shape index (κ3) is 10.3. The van der Waals surface area contributed by atoms with Crippen molar-refractivity contribution in [2.75, 3.05) is 6.61 Å². The number of nitrogens with zero attached hydrogens (tertiary/aromatic N) is 1. The molecule has 0 aliphatic carbocycles. The number of aromatic amines is 1. The summed E-state index contributed by atoms with van der Waals surface area (Å²) in [6.07, 6.45) is 24.3. The summed E-state index contributed by atoms with van der Waals surface area (Å²) >= 11 is 0. The number of aromatic nitrogens is 2. The summed E-state index contributed by atoms with van der Waals surface area (Å²) in [6, 6.07) is 15.5. The molecule has 0 bridgehead atoms. The minimum Gasteiger partial charge on any atom is -0.387 e. The largest absolute Gasteiger partial charge is 0.387 e. The van der Waals surface area contributed by atoms with Crippen molar-refractivity contribution in [2.24, 2.45) is 0 Å². The topological polar surface area (TPSA) is 114 Å². The van der Waals surface area contributed by atoms with Crippen LogP contribution in [0.15, 0.2) is 64.3 Å². The number of hydrogen-bond donors (Lipinski definition) is 3. The minimum atomic E-state index is -1.51. The van der Waals surface area contributed by atoms with Crippen LogP contribution in [-0.2, 0) is 28.1 Å². The van der Waals surface area contributed by atoms with Gasteiger partial charge in [0, 0.05) is 17.8 Å². The molecule has 280 valence electrons. The van der Waals surface area contributed by atoms with Crippen molar-refractivity contribution in [3.05, 3.63) is 92.3 Å². The molecule has 1 fully saturated rings. The molecule has 1 aromatic heterocycles. The van der Waals surface area contributed by atoms with Crippen LogP contribution in [-0.4, -0.2) is 38.6 Å². The summed E-state index contributed by atoms with van der Waals surface area (Å²) < 4.78 is 13.3. The third-order valence-corrected chi connectivity index (χ3v) is 11.0. The van der Waals surface area contributed by atoms with E-state index >= 15 is 0 Å². The zero-order valence-electron chi connectivity index (χ0n) is 31.0. The number of aryl methyl sites for hydroxylation is 1. The van der Waals surface area contributed by atoms with Crippen LogP contribution in [0.25, 0.3) is 11.1 Å². The Labute approximate surface area is 304 Å². The van der Waals surface area contributed by atoms with Gasteiger partial charge in [-0.25, -0.2) is 4.79 Å². The molecule has 5 rings (SSSR count). The zero-order chi connectivity index (χ0) is 35.9. The molecule has 0 radical (unpaired) electrons. The quantitative estimate of drug-likeness (QED) is 0.0902. The number of nitrogens with one attached hydrogen (secondary N) is 1. The predicted octanol–water partition coefficient (Wildman–Crippen LogP) is 8.85. The van der Waals surface area contributed by atoms with E-state index < -0.39 is 35.3 Å². The Morgan fingerprint density at radius 3 is 1.90 bits per heavy atom. The highest BCUT2D eigenvalue weighted by molar-refractivity contribution is 5.72. The molecule has 2 aromatic carbocycles. The van der Waals surface area contributed by atoms with Crippen LogP contribution in [0, 0.1) is 0 Å². The lowest BCUT2D eigenvalue weighted by atomic mass is 9.76. The number of benzene rings is 2. The first-order chi connectivity index (χ1) is 25.0. The second kappa shape index (κ2) is 20.3. The van der Waals surface area contributed by atoms with Crippen LogP contribution in [0.5, 0.6) is 0 Å². The van der Waals surface area contributed by atoms with E-state index in [1.54, 1.807) is 0 Å². The Bertz CT molecular complexity index is 1590. The van der Waals surface area contributed by atoms with Gasteiger partial charge in [0.2, 0.25) is 0 Å². The van der Waals surface area contributed by atoms with Gasteiger partial charge in [0.15, 0.2) is 11.8 Å². The van der Waals surface area contributed by atoms with Crippen molar-refractivity contribution in [3.63, 3.8) is 0 Å². The lowest BCUT2D eigenvalue weighted by molar-refractivity contribution is -0.279. The van der Waals surface area contributed by atoms with Crippen molar-refractivity contribution >= 4 is 0 Å². The molecule has 4 atom stereocenters. The van der Waals surface area contributed by atoms with Gasteiger partial charge in [-0.1, -0.05) is 165 Å². The lowest BCUT2D eigenvalue weighted by Gasteiger charge is -2.46. The summed E-state index contributed by atoms with van der Waals surface area (Å²) in [5.41, 5.74) is 2.00. The molecule has 51 heavy (non-hydrogen) atoms. The molecule has 8 heteroatoms. The highest BCUT2D eigenvalue weighted by Gasteiger charge is 2.59. The number of rotatable bonds is 22. The minimum absolute atomic E-state index is 0.151. The fourth-order valence-corrected chi connectivity index (χ4v) is 8.18. The number of aliphatic hydroxyl groups excluding tert-OH is 2. The molecule has 3 heterocycles. The summed E-state index contributed by atoms with van der Waals surface area (Å²) in [6.45, 7) is 2.36. The van der Waals surface area contributed by atoms with Gasteiger partial charge in [-0.15, -0.1) is 0 Å². The fourth-order valence-electron chi connectivity index (χ4n) is 8.18. The Hall–Kier alpha value is -3.04. The molecule has 2 aliphatic rings. The van der Waals surface area contributed by atoms with Crippen LogP contribution < -0.4 is 11.2 Å². The molecule has 0 amide bonds. The van der Waals surface area contributed by atoms with Crippen molar-refractivity contribution in [1.82, 2.24) is 9.55 Å². The van der Waals surface area contributed by atoms with Gasteiger partial charge in [-0.3, -0.25) is 14.3 Å². The molecular formula is C43H62N2O6. The van der Waals surface area contributed by atoms with Crippen LogP contribution in [0.3, 0.4) is 0 Å². The van der Waals surface area contributed by atoms with E-state index in [1.165, 1.54) is 133 Å². The maximum Gasteiger partial charge on any atom is 0.330 e. The number of ether oxygens (including phenoxy) is 2. The van der Waals surface area contributed by atoms with E-state index in [1.807, 2.05) is 30.3 Å². The van der Waals surface area contributed by atoms with Crippen LogP contribution in [0.2, 0.25) is 0 Å². The summed E-state index contributed by atoms with van der Waals surface area (Å²) in [5.74, 6) is 0. The molecule has 3 N–H and O–H groups in total. The maximum absolute atomic E-state index is 12.7. The first-order valence-corrected chi connectivity index (χ1v) is 20.1. The summed E-state index contributed by atoms with van der Waals surface area (Å²) in [7, 11) is 0. The average Bonchev–Trinajstić information content (AvgIpc) is 3.52. The smallest absolute Gasteiger partial charge is 0.330 e.